The highest BCUT2D eigenvalue weighted by molar-refractivity contribution is 7.91. The van der Waals surface area contributed by atoms with Gasteiger partial charge in [0.05, 0.1) is 10.6 Å². The van der Waals surface area contributed by atoms with Gasteiger partial charge in [0.2, 0.25) is 5.91 Å². The number of fused-ring (bicyclic) bond motifs is 1. The molecule has 0 bridgehead atoms. The molecule has 0 aliphatic carbocycles. The van der Waals surface area contributed by atoms with Crippen LogP contribution in [0.5, 0.6) is 11.5 Å². The Labute approximate surface area is 170 Å². The molecule has 0 radical (unpaired) electrons. The van der Waals surface area contributed by atoms with Crippen LogP contribution in [0.25, 0.3) is 5.57 Å². The van der Waals surface area contributed by atoms with Gasteiger partial charge < -0.3 is 14.4 Å². The zero-order chi connectivity index (χ0) is 20.3. The van der Waals surface area contributed by atoms with E-state index in [0.29, 0.717) is 37.8 Å². The summed E-state index contributed by atoms with van der Waals surface area (Å²) in [5.74, 6) is 0.602. The lowest BCUT2D eigenvalue weighted by Crippen LogP contribution is -2.35. The van der Waals surface area contributed by atoms with Gasteiger partial charge in [0.15, 0.2) is 21.3 Å². The van der Waals surface area contributed by atoms with E-state index in [1.54, 1.807) is 11.0 Å². The minimum absolute atomic E-state index is 0.0364. The number of hydrogen-bond acceptors (Lipinski definition) is 5. The molecule has 0 unspecified atom stereocenters. The molecule has 0 fully saturated rings. The van der Waals surface area contributed by atoms with Crippen molar-refractivity contribution in [1.29, 1.82) is 0 Å². The largest absolute Gasteiger partial charge is 0.486 e. The maximum Gasteiger partial charge on any atom is 0.223 e. The van der Waals surface area contributed by atoms with Crippen molar-refractivity contribution in [2.45, 2.75) is 17.7 Å². The normalized spacial score (nSPS) is 16.3. The summed E-state index contributed by atoms with van der Waals surface area (Å²) in [7, 11) is -3.58. The van der Waals surface area contributed by atoms with E-state index >= 15 is 0 Å². The van der Waals surface area contributed by atoms with Gasteiger partial charge in [0.25, 0.3) is 0 Å². The quantitative estimate of drug-likeness (QED) is 0.754. The molecule has 0 atom stereocenters. The maximum atomic E-state index is 12.7. The minimum atomic E-state index is -3.58. The molecule has 29 heavy (non-hydrogen) atoms. The summed E-state index contributed by atoms with van der Waals surface area (Å²) in [5, 5.41) is 0. The number of amides is 1. The lowest BCUT2D eigenvalue weighted by Gasteiger charge is -2.26. The highest BCUT2D eigenvalue weighted by atomic mass is 32.2. The van der Waals surface area contributed by atoms with Crippen molar-refractivity contribution in [2.75, 3.05) is 32.1 Å². The standard InChI is InChI=1S/C22H23NO5S/c24-22(23-11-8-18(9-12-23)17-4-2-1-3-5-17)10-15-29(25,26)19-6-7-20-21(16-19)28-14-13-27-20/h1-8,16H,9-15H2. The van der Waals surface area contributed by atoms with Crippen molar-refractivity contribution < 1.29 is 22.7 Å². The van der Waals surface area contributed by atoms with Crippen LogP contribution in [0.3, 0.4) is 0 Å². The number of carbonyl (C=O) groups is 1. The monoisotopic (exact) mass is 413 g/mol. The molecule has 0 saturated carbocycles. The van der Waals surface area contributed by atoms with Crippen LogP contribution in [0.4, 0.5) is 0 Å². The Morgan fingerprint density at radius 1 is 1.00 bits per heavy atom. The molecule has 4 rings (SSSR count). The third-order valence-electron chi connectivity index (χ3n) is 5.16. The smallest absolute Gasteiger partial charge is 0.223 e. The third kappa shape index (κ3) is 4.45. The summed E-state index contributed by atoms with van der Waals surface area (Å²) in [6.45, 7) is 1.95. The van der Waals surface area contributed by atoms with E-state index in [9.17, 15) is 13.2 Å². The van der Waals surface area contributed by atoms with Crippen LogP contribution in [-0.2, 0) is 14.6 Å². The number of rotatable bonds is 5. The Bertz CT molecular complexity index is 1030. The maximum absolute atomic E-state index is 12.7. The lowest BCUT2D eigenvalue weighted by molar-refractivity contribution is -0.130. The molecule has 7 heteroatoms. The summed E-state index contributed by atoms with van der Waals surface area (Å²) in [6.07, 6.45) is 2.78. The second-order valence-corrected chi connectivity index (χ2v) is 9.17. The molecule has 2 aliphatic heterocycles. The van der Waals surface area contributed by atoms with Crippen molar-refractivity contribution in [3.63, 3.8) is 0 Å². The second kappa shape index (κ2) is 8.29. The van der Waals surface area contributed by atoms with Gasteiger partial charge >= 0.3 is 0 Å². The topological polar surface area (TPSA) is 72.9 Å². The predicted molar refractivity (Wildman–Crippen MR) is 110 cm³/mol. The SMILES string of the molecule is O=C(CCS(=O)(=O)c1ccc2c(c1)OCCO2)N1CC=C(c2ccccc2)CC1. The summed E-state index contributed by atoms with van der Waals surface area (Å²) in [4.78, 5) is 14.4. The molecule has 2 aromatic carbocycles. The molecule has 0 aromatic heterocycles. The average molecular weight is 413 g/mol. The van der Waals surface area contributed by atoms with Gasteiger partial charge in [0.1, 0.15) is 13.2 Å². The first-order valence-corrected chi connectivity index (χ1v) is 11.3. The fourth-order valence-corrected chi connectivity index (χ4v) is 4.77. The zero-order valence-electron chi connectivity index (χ0n) is 16.0. The van der Waals surface area contributed by atoms with Crippen molar-refractivity contribution >= 4 is 21.3 Å². The Balaban J connectivity index is 1.36. The Kier molecular flexibility index (Phi) is 5.58. The minimum Gasteiger partial charge on any atom is -0.486 e. The van der Waals surface area contributed by atoms with E-state index < -0.39 is 9.84 Å². The van der Waals surface area contributed by atoms with Gasteiger partial charge in [-0.2, -0.15) is 0 Å². The fraction of sp³-hybridized carbons (Fsp3) is 0.318. The summed E-state index contributed by atoms with van der Waals surface area (Å²) in [6, 6.07) is 14.7. The number of hydrogen-bond donors (Lipinski definition) is 0. The van der Waals surface area contributed by atoms with Crippen molar-refractivity contribution in [1.82, 2.24) is 4.90 Å². The van der Waals surface area contributed by atoms with E-state index in [0.717, 1.165) is 6.42 Å². The van der Waals surface area contributed by atoms with Crippen LogP contribution in [0.1, 0.15) is 18.4 Å². The van der Waals surface area contributed by atoms with E-state index in [1.165, 1.54) is 23.3 Å². The van der Waals surface area contributed by atoms with Crippen LogP contribution in [0.2, 0.25) is 0 Å². The summed E-state index contributed by atoms with van der Waals surface area (Å²) < 4.78 is 36.2. The molecule has 2 aromatic rings. The summed E-state index contributed by atoms with van der Waals surface area (Å²) >= 11 is 0. The highest BCUT2D eigenvalue weighted by Gasteiger charge is 2.23. The van der Waals surface area contributed by atoms with E-state index in [4.69, 9.17) is 9.47 Å². The number of nitrogens with zero attached hydrogens (tertiary/aromatic N) is 1. The molecular formula is C22H23NO5S. The first-order valence-electron chi connectivity index (χ1n) is 9.67. The molecule has 0 saturated heterocycles. The van der Waals surface area contributed by atoms with Gasteiger partial charge in [-0.15, -0.1) is 0 Å². The lowest BCUT2D eigenvalue weighted by atomic mass is 9.99. The Hall–Kier alpha value is -2.80. The second-order valence-electron chi connectivity index (χ2n) is 7.06. The van der Waals surface area contributed by atoms with Gasteiger partial charge in [-0.05, 0) is 29.7 Å². The number of sulfone groups is 1. The third-order valence-corrected chi connectivity index (χ3v) is 6.88. The fourth-order valence-electron chi connectivity index (χ4n) is 3.52. The molecule has 152 valence electrons. The first kappa shape index (κ1) is 19.5. The molecule has 1 amide bonds. The first-order chi connectivity index (χ1) is 14.0. The number of ether oxygens (including phenoxy) is 2. The van der Waals surface area contributed by atoms with Gasteiger partial charge in [-0.3, -0.25) is 4.79 Å². The van der Waals surface area contributed by atoms with Crippen LogP contribution in [0.15, 0.2) is 59.5 Å². The van der Waals surface area contributed by atoms with E-state index in [1.807, 2.05) is 24.3 Å². The highest BCUT2D eigenvalue weighted by Crippen LogP contribution is 2.32. The molecule has 2 aliphatic rings. The predicted octanol–water partition coefficient (Wildman–Crippen LogP) is 2.94. The zero-order valence-corrected chi connectivity index (χ0v) is 16.9. The van der Waals surface area contributed by atoms with Gasteiger partial charge in [0, 0.05) is 25.6 Å². The number of benzene rings is 2. The van der Waals surface area contributed by atoms with Crippen molar-refractivity contribution in [3.05, 3.63) is 60.2 Å². The van der Waals surface area contributed by atoms with Crippen LogP contribution < -0.4 is 9.47 Å². The van der Waals surface area contributed by atoms with Gasteiger partial charge in [-0.25, -0.2) is 8.42 Å². The van der Waals surface area contributed by atoms with Crippen LogP contribution >= 0.6 is 0 Å². The van der Waals surface area contributed by atoms with Gasteiger partial charge in [-0.1, -0.05) is 36.4 Å². The Morgan fingerprint density at radius 3 is 2.48 bits per heavy atom. The van der Waals surface area contributed by atoms with Crippen LogP contribution in [-0.4, -0.2) is 51.3 Å². The Morgan fingerprint density at radius 2 is 1.76 bits per heavy atom. The van der Waals surface area contributed by atoms with E-state index in [2.05, 4.69) is 12.1 Å². The van der Waals surface area contributed by atoms with Crippen molar-refractivity contribution in [2.24, 2.45) is 0 Å². The molecular weight excluding hydrogens is 390 g/mol. The molecule has 2 heterocycles. The number of carbonyl (C=O) groups excluding carboxylic acids is 1. The van der Waals surface area contributed by atoms with E-state index in [-0.39, 0.29) is 23.0 Å². The van der Waals surface area contributed by atoms with Crippen molar-refractivity contribution in [3.8, 4) is 11.5 Å². The molecule has 0 N–H and O–H groups in total. The summed E-state index contributed by atoms with van der Waals surface area (Å²) in [5.41, 5.74) is 2.39. The molecule has 0 spiro atoms. The average Bonchev–Trinajstić information content (AvgIpc) is 2.78. The molecule has 6 nitrogen and oxygen atoms in total. The van der Waals surface area contributed by atoms with Crippen LogP contribution in [0, 0.1) is 0 Å².